The second-order valence-corrected chi connectivity index (χ2v) is 8.50. The Kier molecular flexibility index (Phi) is 5.92. The van der Waals surface area contributed by atoms with Crippen LogP contribution in [0.3, 0.4) is 0 Å². The van der Waals surface area contributed by atoms with E-state index in [1.54, 1.807) is 0 Å². The fourth-order valence-corrected chi connectivity index (χ4v) is 4.72. The third-order valence-corrected chi connectivity index (χ3v) is 6.40. The highest BCUT2D eigenvalue weighted by atomic mass is 35.5. The molecule has 2 atom stereocenters. The molecule has 1 aromatic rings. The first-order valence-electron chi connectivity index (χ1n) is 9.49. The van der Waals surface area contributed by atoms with Crippen molar-refractivity contribution in [2.75, 3.05) is 66.2 Å². The van der Waals surface area contributed by atoms with Crippen LogP contribution in [0.4, 0.5) is 0 Å². The van der Waals surface area contributed by atoms with Gasteiger partial charge in [0, 0.05) is 18.7 Å². The molecule has 3 heterocycles. The standard InChI is InChI=1S/C19H26Cl2N3O3/c1-24(7-11-26-12-8-24)13-14-18(17-15(20)3-2-4-16(17)21)22-27-19(14)23-5-9-25-10-6-23/h2-4,14,19H,5-13H2,1H3/q+1/t14-,19-/m0/s1. The van der Waals surface area contributed by atoms with Gasteiger partial charge in [0.2, 0.25) is 0 Å². The Morgan fingerprint density at radius 3 is 2.37 bits per heavy atom. The van der Waals surface area contributed by atoms with Gasteiger partial charge in [-0.1, -0.05) is 34.4 Å². The van der Waals surface area contributed by atoms with Crippen LogP contribution in [0.2, 0.25) is 10.0 Å². The van der Waals surface area contributed by atoms with Gasteiger partial charge in [-0.3, -0.25) is 4.90 Å². The number of ether oxygens (including phenoxy) is 2. The summed E-state index contributed by atoms with van der Waals surface area (Å²) in [6.45, 7) is 7.55. The maximum absolute atomic E-state index is 6.51. The molecule has 8 heteroatoms. The zero-order valence-corrected chi connectivity index (χ0v) is 17.1. The molecule has 0 radical (unpaired) electrons. The second kappa shape index (κ2) is 8.23. The van der Waals surface area contributed by atoms with Crippen LogP contribution in [-0.4, -0.2) is 87.5 Å². The zero-order valence-electron chi connectivity index (χ0n) is 15.6. The lowest BCUT2D eigenvalue weighted by Gasteiger charge is -2.41. The van der Waals surface area contributed by atoms with E-state index < -0.39 is 0 Å². The molecule has 4 rings (SSSR count). The summed E-state index contributed by atoms with van der Waals surface area (Å²) in [6.07, 6.45) is -0.117. The van der Waals surface area contributed by atoms with Crippen molar-refractivity contribution in [2.45, 2.75) is 6.23 Å². The minimum Gasteiger partial charge on any atom is -0.379 e. The van der Waals surface area contributed by atoms with Crippen LogP contribution in [0, 0.1) is 5.92 Å². The molecular formula is C19H26Cl2N3O3+. The number of oxime groups is 1. The predicted octanol–water partition coefficient (Wildman–Crippen LogP) is 2.48. The molecule has 0 spiro atoms. The summed E-state index contributed by atoms with van der Waals surface area (Å²) in [7, 11) is 2.28. The number of quaternary nitrogens is 1. The molecule has 6 nitrogen and oxygen atoms in total. The number of nitrogens with zero attached hydrogens (tertiary/aromatic N) is 3. The number of halogens is 2. The second-order valence-electron chi connectivity index (χ2n) is 7.69. The maximum atomic E-state index is 6.51. The molecule has 0 saturated carbocycles. The monoisotopic (exact) mass is 414 g/mol. The number of benzene rings is 1. The number of hydrogen-bond acceptors (Lipinski definition) is 5. The van der Waals surface area contributed by atoms with Crippen LogP contribution in [0.1, 0.15) is 5.56 Å². The quantitative estimate of drug-likeness (QED) is 0.709. The summed E-state index contributed by atoms with van der Waals surface area (Å²) in [5.74, 6) is 0.0867. The first-order chi connectivity index (χ1) is 13.1. The highest BCUT2D eigenvalue weighted by Gasteiger charge is 2.45. The van der Waals surface area contributed by atoms with Gasteiger partial charge in [0.15, 0.2) is 6.23 Å². The smallest absolute Gasteiger partial charge is 0.195 e. The van der Waals surface area contributed by atoms with Gasteiger partial charge in [-0.05, 0) is 12.1 Å². The molecule has 0 aliphatic carbocycles. The van der Waals surface area contributed by atoms with E-state index in [1.807, 2.05) is 18.2 Å². The van der Waals surface area contributed by atoms with Crippen molar-refractivity contribution in [3.8, 4) is 0 Å². The maximum Gasteiger partial charge on any atom is 0.195 e. The molecule has 3 aliphatic heterocycles. The van der Waals surface area contributed by atoms with Gasteiger partial charge in [-0.2, -0.15) is 0 Å². The fourth-order valence-electron chi connectivity index (χ4n) is 4.13. The molecule has 0 N–H and O–H groups in total. The summed E-state index contributed by atoms with van der Waals surface area (Å²) in [4.78, 5) is 8.29. The zero-order chi connectivity index (χ0) is 18.9. The lowest BCUT2D eigenvalue weighted by molar-refractivity contribution is -0.919. The highest BCUT2D eigenvalue weighted by molar-refractivity contribution is 6.40. The first kappa shape index (κ1) is 19.4. The van der Waals surface area contributed by atoms with Crippen molar-refractivity contribution >= 4 is 28.9 Å². The van der Waals surface area contributed by atoms with E-state index in [4.69, 9.17) is 37.5 Å². The van der Waals surface area contributed by atoms with Crippen LogP contribution < -0.4 is 0 Å². The third kappa shape index (κ3) is 4.11. The van der Waals surface area contributed by atoms with Crippen LogP contribution >= 0.6 is 23.2 Å². The SMILES string of the molecule is C[N+]1(C[C@H]2C(c3c(Cl)cccc3Cl)=NO[C@@H]2N2CCOCC2)CCOCC1. The first-order valence-corrected chi connectivity index (χ1v) is 10.2. The lowest BCUT2D eigenvalue weighted by Crippen LogP contribution is -2.58. The average molecular weight is 415 g/mol. The molecule has 3 aliphatic rings. The average Bonchev–Trinajstić information content (AvgIpc) is 3.05. The van der Waals surface area contributed by atoms with E-state index in [1.165, 1.54) is 0 Å². The van der Waals surface area contributed by atoms with Crippen molar-refractivity contribution in [3.05, 3.63) is 33.8 Å². The molecular weight excluding hydrogens is 389 g/mol. The minimum atomic E-state index is -0.117. The fraction of sp³-hybridized carbons (Fsp3) is 0.632. The Balaban J connectivity index is 1.65. The Morgan fingerprint density at radius 2 is 1.70 bits per heavy atom. The number of hydrogen-bond donors (Lipinski definition) is 0. The predicted molar refractivity (Wildman–Crippen MR) is 105 cm³/mol. The van der Waals surface area contributed by atoms with E-state index in [0.29, 0.717) is 23.3 Å². The van der Waals surface area contributed by atoms with Gasteiger partial charge in [0.05, 0.1) is 50.1 Å². The Morgan fingerprint density at radius 1 is 1.07 bits per heavy atom. The van der Waals surface area contributed by atoms with Crippen LogP contribution in [0.5, 0.6) is 0 Å². The van der Waals surface area contributed by atoms with Crippen molar-refractivity contribution in [1.82, 2.24) is 4.90 Å². The van der Waals surface area contributed by atoms with Gasteiger partial charge in [-0.15, -0.1) is 0 Å². The molecule has 0 amide bonds. The summed E-state index contributed by atoms with van der Waals surface area (Å²) >= 11 is 13.0. The molecule has 27 heavy (non-hydrogen) atoms. The van der Waals surface area contributed by atoms with Crippen molar-refractivity contribution < 1.29 is 18.8 Å². The van der Waals surface area contributed by atoms with E-state index in [-0.39, 0.29) is 12.1 Å². The number of likely N-dealkylation sites (N-methyl/N-ethyl adjacent to an activating group) is 1. The van der Waals surface area contributed by atoms with Gasteiger partial charge < -0.3 is 18.8 Å². The molecule has 0 aromatic heterocycles. The third-order valence-electron chi connectivity index (χ3n) is 5.77. The topological polar surface area (TPSA) is 43.3 Å². The summed E-state index contributed by atoms with van der Waals surface area (Å²) in [5.41, 5.74) is 1.65. The summed E-state index contributed by atoms with van der Waals surface area (Å²) < 4.78 is 12.0. The minimum absolute atomic E-state index is 0.0867. The van der Waals surface area contributed by atoms with Crippen molar-refractivity contribution in [3.63, 3.8) is 0 Å². The van der Waals surface area contributed by atoms with Crippen LogP contribution in [-0.2, 0) is 14.3 Å². The van der Waals surface area contributed by atoms with E-state index >= 15 is 0 Å². The molecule has 2 saturated heterocycles. The largest absolute Gasteiger partial charge is 0.379 e. The molecule has 1 aromatic carbocycles. The van der Waals surface area contributed by atoms with E-state index in [9.17, 15) is 0 Å². The Labute approximate surface area is 170 Å². The van der Waals surface area contributed by atoms with Gasteiger partial charge in [-0.25, -0.2) is 0 Å². The van der Waals surface area contributed by atoms with E-state index in [2.05, 4.69) is 17.1 Å². The van der Waals surface area contributed by atoms with E-state index in [0.717, 1.165) is 61.7 Å². The van der Waals surface area contributed by atoms with Gasteiger partial charge in [0.25, 0.3) is 0 Å². The molecule has 148 valence electrons. The lowest BCUT2D eigenvalue weighted by atomic mass is 9.93. The summed E-state index contributed by atoms with van der Waals surface area (Å²) in [5, 5.41) is 5.71. The molecule has 0 unspecified atom stereocenters. The highest BCUT2D eigenvalue weighted by Crippen LogP contribution is 2.35. The number of rotatable bonds is 4. The normalized spacial score (nSPS) is 28.6. The Hall–Kier alpha value is -0.890. The molecule has 2 fully saturated rings. The van der Waals surface area contributed by atoms with Crippen molar-refractivity contribution in [2.24, 2.45) is 11.1 Å². The van der Waals surface area contributed by atoms with Crippen LogP contribution in [0.25, 0.3) is 0 Å². The van der Waals surface area contributed by atoms with Gasteiger partial charge >= 0.3 is 0 Å². The molecule has 0 bridgehead atoms. The van der Waals surface area contributed by atoms with Crippen molar-refractivity contribution in [1.29, 1.82) is 0 Å². The van der Waals surface area contributed by atoms with Crippen LogP contribution in [0.15, 0.2) is 23.4 Å². The Bertz CT molecular complexity index is 683. The summed E-state index contributed by atoms with van der Waals surface area (Å²) in [6, 6.07) is 5.57. The van der Waals surface area contributed by atoms with Gasteiger partial charge in [0.1, 0.15) is 24.7 Å². The number of morpholine rings is 2.